The van der Waals surface area contributed by atoms with E-state index in [9.17, 15) is 9.59 Å². The summed E-state index contributed by atoms with van der Waals surface area (Å²) in [5.41, 5.74) is 3.05. The van der Waals surface area contributed by atoms with E-state index in [0.717, 1.165) is 29.5 Å². The summed E-state index contributed by atoms with van der Waals surface area (Å²) in [4.78, 5) is 34.4. The van der Waals surface area contributed by atoms with E-state index < -0.39 is 11.8 Å². The number of carbonyl (C=O) groups is 2. The number of ether oxygens (including phenoxy) is 2. The van der Waals surface area contributed by atoms with Gasteiger partial charge in [-0.3, -0.25) is 9.59 Å². The van der Waals surface area contributed by atoms with E-state index >= 15 is 0 Å². The Balaban J connectivity index is 1.17. The zero-order valence-corrected chi connectivity index (χ0v) is 20.2. The molecule has 1 fully saturated rings. The van der Waals surface area contributed by atoms with Gasteiger partial charge in [-0.25, -0.2) is 4.98 Å². The van der Waals surface area contributed by atoms with E-state index in [4.69, 9.17) is 14.7 Å². The number of rotatable bonds is 5. The summed E-state index contributed by atoms with van der Waals surface area (Å²) in [7, 11) is 1.65. The first-order valence-electron chi connectivity index (χ1n) is 11.9. The number of aromatic amines is 1. The molecule has 1 saturated heterocycles. The maximum atomic E-state index is 12.8. The Kier molecular flexibility index (Phi) is 6.72. The zero-order valence-electron chi connectivity index (χ0n) is 20.2. The van der Waals surface area contributed by atoms with Gasteiger partial charge in [0.2, 0.25) is 5.88 Å². The third-order valence-electron chi connectivity index (χ3n) is 6.56. The highest BCUT2D eigenvalue weighted by molar-refractivity contribution is 6.39. The summed E-state index contributed by atoms with van der Waals surface area (Å²) in [6.07, 6.45) is 5.11. The number of hydrogen-bond acceptors (Lipinski definition) is 6. The molecule has 2 amide bonds. The zero-order chi connectivity index (χ0) is 25.8. The first-order valence-corrected chi connectivity index (χ1v) is 11.9. The Bertz CT molecular complexity index is 1480. The number of hydrogen-bond donors (Lipinski definition) is 2. The molecule has 0 bridgehead atoms. The number of H-pyrrole nitrogens is 1. The molecule has 4 aromatic rings. The predicted octanol–water partition coefficient (Wildman–Crippen LogP) is 4.58. The van der Waals surface area contributed by atoms with Crippen molar-refractivity contribution in [1.29, 1.82) is 5.26 Å². The Morgan fingerprint density at radius 3 is 2.59 bits per heavy atom. The molecular weight excluding hydrogens is 470 g/mol. The van der Waals surface area contributed by atoms with Crippen LogP contribution in [0.1, 0.15) is 29.9 Å². The second kappa shape index (κ2) is 10.4. The Hall–Kier alpha value is -4.84. The van der Waals surface area contributed by atoms with E-state index in [1.807, 2.05) is 30.5 Å². The summed E-state index contributed by atoms with van der Waals surface area (Å²) >= 11 is 0. The average Bonchev–Trinajstić information content (AvgIpc) is 3.37. The number of benzene rings is 2. The maximum absolute atomic E-state index is 12.8. The summed E-state index contributed by atoms with van der Waals surface area (Å²) < 4.78 is 11.0. The lowest BCUT2D eigenvalue weighted by Gasteiger charge is -2.31. The van der Waals surface area contributed by atoms with Crippen molar-refractivity contribution >= 4 is 28.4 Å². The minimum atomic E-state index is -0.680. The molecule has 5 rings (SSSR count). The van der Waals surface area contributed by atoms with Crippen molar-refractivity contribution in [3.63, 3.8) is 0 Å². The van der Waals surface area contributed by atoms with E-state index in [0.29, 0.717) is 36.0 Å². The number of likely N-dealkylation sites (tertiary alicyclic amines) is 1. The monoisotopic (exact) mass is 495 g/mol. The molecule has 0 radical (unpaired) electrons. The van der Waals surface area contributed by atoms with Crippen LogP contribution in [0.25, 0.3) is 10.9 Å². The van der Waals surface area contributed by atoms with Gasteiger partial charge in [0.25, 0.3) is 0 Å². The summed E-state index contributed by atoms with van der Waals surface area (Å²) in [5, 5.41) is 12.9. The molecule has 1 aliphatic rings. The molecule has 0 atom stereocenters. The SMILES string of the molecule is COc1ccc2[nH]cc(C3CCN(C(=O)C(=O)Nc4ccc(Oc5ncccc5C#N)cc4)CC3)c2c1. The van der Waals surface area contributed by atoms with Crippen LogP contribution in [-0.2, 0) is 9.59 Å². The third-order valence-corrected chi connectivity index (χ3v) is 6.56. The van der Waals surface area contributed by atoms with Crippen molar-refractivity contribution in [2.75, 3.05) is 25.5 Å². The van der Waals surface area contributed by atoms with E-state index in [2.05, 4.69) is 15.3 Å². The Labute approximate surface area is 213 Å². The van der Waals surface area contributed by atoms with Gasteiger partial charge >= 0.3 is 11.8 Å². The quantitative estimate of drug-likeness (QED) is 0.391. The van der Waals surface area contributed by atoms with Gasteiger partial charge in [-0.2, -0.15) is 5.26 Å². The number of nitrogens with zero attached hydrogens (tertiary/aromatic N) is 3. The Morgan fingerprint density at radius 2 is 1.86 bits per heavy atom. The molecule has 1 aliphatic heterocycles. The van der Waals surface area contributed by atoms with Crippen molar-refractivity contribution in [3.8, 4) is 23.4 Å². The van der Waals surface area contributed by atoms with Crippen molar-refractivity contribution in [1.82, 2.24) is 14.9 Å². The van der Waals surface area contributed by atoms with Crippen LogP contribution in [-0.4, -0.2) is 46.9 Å². The van der Waals surface area contributed by atoms with Crippen LogP contribution in [0.15, 0.2) is 67.0 Å². The smallest absolute Gasteiger partial charge is 0.313 e. The van der Waals surface area contributed by atoms with E-state index in [-0.39, 0.29) is 5.88 Å². The number of piperidine rings is 1. The summed E-state index contributed by atoms with van der Waals surface area (Å²) in [5.74, 6) is 0.526. The normalized spacial score (nSPS) is 13.7. The molecular formula is C28H25N5O4. The minimum Gasteiger partial charge on any atom is -0.497 e. The fourth-order valence-corrected chi connectivity index (χ4v) is 4.58. The molecule has 9 heteroatoms. The van der Waals surface area contributed by atoms with Crippen LogP contribution < -0.4 is 14.8 Å². The van der Waals surface area contributed by atoms with Crippen LogP contribution in [0.3, 0.4) is 0 Å². The number of pyridine rings is 1. The van der Waals surface area contributed by atoms with Gasteiger partial charge in [-0.15, -0.1) is 0 Å². The van der Waals surface area contributed by atoms with Crippen molar-refractivity contribution in [2.24, 2.45) is 0 Å². The average molecular weight is 496 g/mol. The predicted molar refractivity (Wildman–Crippen MR) is 138 cm³/mol. The van der Waals surface area contributed by atoms with Crippen LogP contribution in [0.4, 0.5) is 5.69 Å². The summed E-state index contributed by atoms with van der Waals surface area (Å²) in [6.45, 7) is 1.01. The van der Waals surface area contributed by atoms with Gasteiger partial charge < -0.3 is 24.7 Å². The lowest BCUT2D eigenvalue weighted by atomic mass is 9.89. The number of anilines is 1. The minimum absolute atomic E-state index is 0.201. The van der Waals surface area contributed by atoms with Gasteiger partial charge in [-0.1, -0.05) is 0 Å². The van der Waals surface area contributed by atoms with Crippen LogP contribution in [0.2, 0.25) is 0 Å². The largest absolute Gasteiger partial charge is 0.497 e. The summed E-state index contributed by atoms with van der Waals surface area (Å²) in [6, 6.07) is 17.8. The molecule has 2 N–H and O–H groups in total. The lowest BCUT2D eigenvalue weighted by molar-refractivity contribution is -0.143. The van der Waals surface area contributed by atoms with Gasteiger partial charge in [0.15, 0.2) is 0 Å². The van der Waals surface area contributed by atoms with Crippen LogP contribution in [0, 0.1) is 11.3 Å². The van der Waals surface area contributed by atoms with Crippen molar-refractivity contribution in [3.05, 3.63) is 78.1 Å². The first kappa shape index (κ1) is 23.9. The molecule has 186 valence electrons. The molecule has 37 heavy (non-hydrogen) atoms. The van der Waals surface area contributed by atoms with Gasteiger partial charge in [-0.05, 0) is 78.9 Å². The highest BCUT2D eigenvalue weighted by atomic mass is 16.5. The third kappa shape index (κ3) is 5.09. The molecule has 2 aromatic heterocycles. The van der Waals surface area contributed by atoms with Crippen molar-refractivity contribution in [2.45, 2.75) is 18.8 Å². The molecule has 2 aromatic carbocycles. The number of carbonyl (C=O) groups excluding carboxylic acids is 2. The number of amides is 2. The van der Waals surface area contributed by atoms with Gasteiger partial charge in [0, 0.05) is 42.1 Å². The fourth-order valence-electron chi connectivity index (χ4n) is 4.58. The number of nitrogens with one attached hydrogen (secondary N) is 2. The molecule has 0 aliphatic carbocycles. The van der Waals surface area contributed by atoms with E-state index in [1.54, 1.807) is 48.4 Å². The standard InChI is InChI=1S/C28H25N5O4/c1-36-22-8-9-25-23(15-22)24(17-31-25)18-10-13-33(14-11-18)28(35)26(34)32-20-4-6-21(7-5-20)37-27-19(16-29)3-2-12-30-27/h2-9,12,15,17-18,31H,10-11,13-14H2,1H3,(H,32,34). The number of methoxy groups -OCH3 is 1. The number of fused-ring (bicyclic) bond motifs is 1. The van der Waals surface area contributed by atoms with Gasteiger partial charge in [0.05, 0.1) is 7.11 Å². The fraction of sp³-hybridized carbons (Fsp3) is 0.214. The first-order chi connectivity index (χ1) is 18.1. The topological polar surface area (TPSA) is 120 Å². The maximum Gasteiger partial charge on any atom is 0.313 e. The molecule has 3 heterocycles. The van der Waals surface area contributed by atoms with E-state index in [1.165, 1.54) is 11.8 Å². The highest BCUT2D eigenvalue weighted by Crippen LogP contribution is 2.34. The number of nitriles is 1. The lowest BCUT2D eigenvalue weighted by Crippen LogP contribution is -2.43. The second-order valence-electron chi connectivity index (χ2n) is 8.77. The van der Waals surface area contributed by atoms with Crippen LogP contribution in [0.5, 0.6) is 17.4 Å². The number of aromatic nitrogens is 2. The molecule has 0 spiro atoms. The molecule has 0 unspecified atom stereocenters. The van der Waals surface area contributed by atoms with Crippen LogP contribution >= 0.6 is 0 Å². The second-order valence-corrected chi connectivity index (χ2v) is 8.77. The molecule has 9 nitrogen and oxygen atoms in total. The van der Waals surface area contributed by atoms with Gasteiger partial charge in [0.1, 0.15) is 23.1 Å². The Morgan fingerprint density at radius 1 is 1.11 bits per heavy atom. The molecule has 0 saturated carbocycles. The van der Waals surface area contributed by atoms with Crippen molar-refractivity contribution < 1.29 is 19.1 Å². The highest BCUT2D eigenvalue weighted by Gasteiger charge is 2.29.